The molecule has 6 rings (SSSR count). The van der Waals surface area contributed by atoms with Gasteiger partial charge >= 0.3 is 25.7 Å². The molecule has 3 fully saturated rings. The minimum absolute atomic E-state index is 0.191. The second-order valence-electron chi connectivity index (χ2n) is 14.1. The average Bonchev–Trinajstić information content (AvgIpc) is 3.71. The van der Waals surface area contributed by atoms with Crippen LogP contribution in [-0.4, -0.2) is 95.5 Å². The molecule has 18 heteroatoms. The van der Waals surface area contributed by atoms with Crippen LogP contribution >= 0.6 is 7.75 Å². The first-order chi connectivity index (χ1) is 25.9. The number of fused-ring (bicyclic) bond motifs is 1. The van der Waals surface area contributed by atoms with Crippen molar-refractivity contribution in [3.63, 3.8) is 0 Å². The third-order valence-corrected chi connectivity index (χ3v) is 11.2. The van der Waals surface area contributed by atoms with E-state index in [2.05, 4.69) is 15.2 Å². The van der Waals surface area contributed by atoms with E-state index in [0.29, 0.717) is 63.3 Å². The number of anilines is 1. The van der Waals surface area contributed by atoms with Gasteiger partial charge in [0.1, 0.15) is 35.3 Å². The molecule has 3 aliphatic heterocycles. The molecule has 3 N–H and O–H groups in total. The number of carbonyl (C=O) groups is 3. The van der Waals surface area contributed by atoms with Crippen LogP contribution in [0.3, 0.4) is 0 Å². The lowest BCUT2D eigenvalue weighted by Gasteiger charge is -2.34. The van der Waals surface area contributed by atoms with Crippen LogP contribution in [0.4, 0.5) is 5.82 Å². The zero-order valence-corrected chi connectivity index (χ0v) is 31.7. The number of para-hydroxylation sites is 1. The predicted octanol–water partition coefficient (Wildman–Crippen LogP) is 3.95. The SMILES string of the molecule is CC(C)OC(=O)[C@H](C)N[P@](=O)(OC[C@@]1(C)O[C@@H](c2ccc3c(N)ncnn23)[C@H](OC(=O)C2CCOCC2)[C@@H]1OC(=O)C1CCOCC1)Oc1ccccc1. The van der Waals surface area contributed by atoms with Gasteiger partial charge in [0, 0.05) is 26.4 Å². The van der Waals surface area contributed by atoms with Crippen molar-refractivity contribution in [3.8, 4) is 5.75 Å². The van der Waals surface area contributed by atoms with Crippen LogP contribution in [0, 0.1) is 11.8 Å². The summed E-state index contributed by atoms with van der Waals surface area (Å²) in [5, 5.41) is 7.05. The molecule has 294 valence electrons. The van der Waals surface area contributed by atoms with Gasteiger partial charge in [-0.2, -0.15) is 10.2 Å². The standard InChI is InChI=1S/C36H48N5O12P/c1-22(2)49-33(42)23(3)40-54(45,53-26-8-6-5-7-9-26)48-20-36(4)31(51-35(44)25-14-18-47-19-15-25)30(50-34(43)24-12-16-46-17-13-24)29(52-36)27-10-11-28-32(37)38-21-39-41(27)28/h5-11,21-25,29-31H,12-20H2,1-4H3,(H,40,45)(H2,37,38,39)/t23-,29-,30-,31-,36+,54-/m0/s1. The predicted molar refractivity (Wildman–Crippen MR) is 191 cm³/mol. The number of nitrogens with two attached hydrogens (primary N) is 1. The van der Waals surface area contributed by atoms with Gasteiger partial charge in [-0.15, -0.1) is 0 Å². The van der Waals surface area contributed by atoms with Crippen LogP contribution in [0.2, 0.25) is 0 Å². The number of nitrogens with zero attached hydrogens (tertiary/aromatic N) is 3. The number of hydrogen-bond acceptors (Lipinski definition) is 15. The van der Waals surface area contributed by atoms with Crippen LogP contribution in [0.5, 0.6) is 5.75 Å². The Hall–Kier alpha value is -4.12. The van der Waals surface area contributed by atoms with Gasteiger partial charge in [0.05, 0.1) is 30.2 Å². The number of benzene rings is 1. The minimum atomic E-state index is -4.42. The molecule has 0 radical (unpaired) electrons. The highest BCUT2D eigenvalue weighted by Crippen LogP contribution is 2.50. The number of esters is 3. The fraction of sp³-hybridized carbons (Fsp3) is 0.583. The Kier molecular flexibility index (Phi) is 12.6. The van der Waals surface area contributed by atoms with Crippen molar-refractivity contribution < 1.29 is 56.4 Å². The Morgan fingerprint density at radius 3 is 2.22 bits per heavy atom. The zero-order chi connectivity index (χ0) is 38.5. The summed E-state index contributed by atoms with van der Waals surface area (Å²) in [4.78, 5) is 44.6. The lowest BCUT2D eigenvalue weighted by atomic mass is 9.94. The Labute approximate surface area is 313 Å². The normalized spacial score (nSPS) is 25.5. The summed E-state index contributed by atoms with van der Waals surface area (Å²) in [6, 6.07) is 10.6. The van der Waals surface area contributed by atoms with E-state index < -0.39 is 80.2 Å². The fourth-order valence-corrected chi connectivity index (χ4v) is 8.23. The first-order valence-electron chi connectivity index (χ1n) is 18.2. The number of nitrogens with one attached hydrogen (secondary N) is 1. The van der Waals surface area contributed by atoms with Crippen LogP contribution in [0.1, 0.15) is 65.2 Å². The van der Waals surface area contributed by atoms with Gasteiger partial charge in [-0.3, -0.25) is 18.9 Å². The van der Waals surface area contributed by atoms with Crippen molar-refractivity contribution in [1.29, 1.82) is 0 Å². The molecule has 0 saturated carbocycles. The molecular formula is C36H48N5O12P. The number of nitrogen functional groups attached to an aromatic ring is 1. The van der Waals surface area contributed by atoms with Crippen LogP contribution < -0.4 is 15.3 Å². The molecule has 6 atom stereocenters. The van der Waals surface area contributed by atoms with Crippen LogP contribution in [-0.2, 0) is 51.9 Å². The second kappa shape index (κ2) is 17.1. The summed E-state index contributed by atoms with van der Waals surface area (Å²) in [7, 11) is -4.42. The van der Waals surface area contributed by atoms with Crippen molar-refractivity contribution in [2.45, 2.75) is 89.4 Å². The monoisotopic (exact) mass is 773 g/mol. The number of carbonyl (C=O) groups excluding carboxylic acids is 3. The number of rotatable bonds is 14. The van der Waals surface area contributed by atoms with Gasteiger partial charge in [0.2, 0.25) is 0 Å². The average molecular weight is 774 g/mol. The van der Waals surface area contributed by atoms with Gasteiger partial charge < -0.3 is 38.7 Å². The molecule has 3 aromatic rings. The van der Waals surface area contributed by atoms with E-state index in [1.165, 1.54) is 17.8 Å². The zero-order valence-electron chi connectivity index (χ0n) is 30.8. The molecule has 0 amide bonds. The van der Waals surface area contributed by atoms with Crippen molar-refractivity contribution in [1.82, 2.24) is 19.7 Å². The quantitative estimate of drug-likeness (QED) is 0.135. The molecule has 17 nitrogen and oxygen atoms in total. The van der Waals surface area contributed by atoms with E-state index >= 15 is 0 Å². The lowest BCUT2D eigenvalue weighted by Crippen LogP contribution is -2.50. The van der Waals surface area contributed by atoms with E-state index in [-0.39, 0.29) is 11.6 Å². The maximum Gasteiger partial charge on any atom is 0.459 e. The van der Waals surface area contributed by atoms with Crippen LogP contribution in [0.25, 0.3) is 5.52 Å². The highest BCUT2D eigenvalue weighted by atomic mass is 31.2. The maximum absolute atomic E-state index is 14.6. The molecule has 54 heavy (non-hydrogen) atoms. The maximum atomic E-state index is 14.6. The molecule has 3 saturated heterocycles. The van der Waals surface area contributed by atoms with Crippen LogP contribution in [0.15, 0.2) is 48.8 Å². The fourth-order valence-electron chi connectivity index (χ4n) is 6.64. The van der Waals surface area contributed by atoms with Crippen molar-refractivity contribution >= 4 is 37.0 Å². The molecule has 1 aromatic carbocycles. The highest BCUT2D eigenvalue weighted by Gasteiger charge is 2.59. The van der Waals surface area contributed by atoms with Gasteiger partial charge in [-0.25, -0.2) is 14.1 Å². The minimum Gasteiger partial charge on any atom is -0.462 e. The Morgan fingerprint density at radius 1 is 0.963 bits per heavy atom. The molecule has 0 spiro atoms. The molecule has 2 aromatic heterocycles. The molecule has 3 aliphatic rings. The molecule has 5 heterocycles. The second-order valence-corrected chi connectivity index (χ2v) is 15.8. The summed E-state index contributed by atoms with van der Waals surface area (Å²) in [5.41, 5.74) is 5.42. The van der Waals surface area contributed by atoms with E-state index in [9.17, 15) is 18.9 Å². The topological polar surface area (TPSA) is 210 Å². The summed E-state index contributed by atoms with van der Waals surface area (Å²) in [6.45, 7) is 7.48. The number of ether oxygens (including phenoxy) is 6. The van der Waals surface area contributed by atoms with Gasteiger partial charge in [-0.1, -0.05) is 18.2 Å². The van der Waals surface area contributed by atoms with E-state index in [4.69, 9.17) is 43.2 Å². The lowest BCUT2D eigenvalue weighted by molar-refractivity contribution is -0.180. The molecule has 0 bridgehead atoms. The Balaban J connectivity index is 1.37. The third kappa shape index (κ3) is 9.21. The van der Waals surface area contributed by atoms with E-state index in [0.717, 1.165) is 0 Å². The summed E-state index contributed by atoms with van der Waals surface area (Å²) < 4.78 is 63.7. The van der Waals surface area contributed by atoms with Gasteiger partial charge in [-0.05, 0) is 77.6 Å². The number of hydrogen-bond donors (Lipinski definition) is 2. The largest absolute Gasteiger partial charge is 0.462 e. The summed E-state index contributed by atoms with van der Waals surface area (Å²) in [6.07, 6.45) is -0.993. The van der Waals surface area contributed by atoms with E-state index in [1.54, 1.807) is 63.2 Å². The van der Waals surface area contributed by atoms with Gasteiger partial charge in [0.15, 0.2) is 18.0 Å². The molecule has 0 aliphatic carbocycles. The third-order valence-electron chi connectivity index (χ3n) is 9.55. The first-order valence-corrected chi connectivity index (χ1v) is 19.7. The highest BCUT2D eigenvalue weighted by molar-refractivity contribution is 7.52. The molecular weight excluding hydrogens is 725 g/mol. The molecule has 0 unspecified atom stereocenters. The smallest absolute Gasteiger partial charge is 0.459 e. The first kappa shape index (κ1) is 39.6. The summed E-state index contributed by atoms with van der Waals surface area (Å²) >= 11 is 0. The number of aromatic nitrogens is 3. The van der Waals surface area contributed by atoms with Crippen molar-refractivity contribution in [2.24, 2.45) is 11.8 Å². The van der Waals surface area contributed by atoms with Crippen molar-refractivity contribution in [2.75, 3.05) is 38.8 Å². The van der Waals surface area contributed by atoms with Gasteiger partial charge in [0.25, 0.3) is 0 Å². The van der Waals surface area contributed by atoms with E-state index in [1.807, 2.05) is 0 Å². The Bertz CT molecular complexity index is 1820. The summed E-state index contributed by atoms with van der Waals surface area (Å²) in [5.74, 6) is -2.29. The Morgan fingerprint density at radius 2 is 1.59 bits per heavy atom. The van der Waals surface area contributed by atoms with Crippen molar-refractivity contribution in [3.05, 3.63) is 54.5 Å².